The Kier molecular flexibility index (Phi) is 8.36. The van der Waals surface area contributed by atoms with Crippen molar-refractivity contribution in [2.24, 2.45) is 0 Å². The molecule has 3 aromatic heterocycles. The fraction of sp³-hybridized carbons (Fsp3) is 0.100. The van der Waals surface area contributed by atoms with Gasteiger partial charge in [0.1, 0.15) is 17.3 Å². The second kappa shape index (κ2) is 13.9. The van der Waals surface area contributed by atoms with Gasteiger partial charge in [-0.2, -0.15) is 0 Å². The third-order valence-electron chi connectivity index (χ3n) is 10.6. The van der Waals surface area contributed by atoms with Crippen LogP contribution in [-0.2, 0) is 5.41 Å². The summed E-state index contributed by atoms with van der Waals surface area (Å²) in [6, 6.07) is 57.0. The molecule has 0 saturated carbocycles. The minimum Gasteiger partial charge on any atom is -0.456 e. The van der Waals surface area contributed by atoms with Gasteiger partial charge in [0.2, 0.25) is 5.69 Å². The molecule has 0 N–H and O–H groups in total. The van der Waals surface area contributed by atoms with Crippen molar-refractivity contribution >= 4 is 44.9 Å². The highest BCUT2D eigenvalue weighted by Gasteiger charge is 2.34. The fourth-order valence-electron chi connectivity index (χ4n) is 7.64. The molecule has 0 fully saturated rings. The van der Waals surface area contributed by atoms with Gasteiger partial charge in [0.25, 0.3) is 11.4 Å². The predicted octanol–water partition coefficient (Wildman–Crippen LogP) is 11.8. The molecule has 10 rings (SSSR count). The molecular formula is C50H39N7O+2. The van der Waals surface area contributed by atoms with Crippen LogP contribution in [0.25, 0.3) is 61.8 Å². The lowest BCUT2D eigenvalue weighted by molar-refractivity contribution is -0.394. The Morgan fingerprint density at radius 2 is 1.22 bits per heavy atom. The van der Waals surface area contributed by atoms with Crippen LogP contribution in [-0.4, -0.2) is 42.1 Å². The molecule has 0 amide bonds. The minimum absolute atomic E-state index is 0.180. The molecule has 4 heterocycles. The molecule has 0 atom stereocenters. The smallest absolute Gasteiger partial charge is 0.456 e. The first-order valence-electron chi connectivity index (χ1n) is 19.4. The van der Waals surface area contributed by atoms with E-state index in [4.69, 9.17) is 24.7 Å². The van der Waals surface area contributed by atoms with Gasteiger partial charge >= 0.3 is 6.01 Å². The highest BCUT2D eigenvalue weighted by molar-refractivity contribution is 6.11. The van der Waals surface area contributed by atoms with Crippen LogP contribution in [0.1, 0.15) is 26.3 Å². The van der Waals surface area contributed by atoms with E-state index in [1.807, 2.05) is 96.7 Å². The third kappa shape index (κ3) is 6.22. The van der Waals surface area contributed by atoms with Gasteiger partial charge in [0.15, 0.2) is 24.5 Å². The number of pyridine rings is 1. The molecule has 9 aromatic rings. The Balaban J connectivity index is 1.24. The summed E-state index contributed by atoms with van der Waals surface area (Å²) in [4.78, 5) is 20.2. The highest BCUT2D eigenvalue weighted by Crippen LogP contribution is 2.43. The van der Waals surface area contributed by atoms with E-state index in [9.17, 15) is 0 Å². The van der Waals surface area contributed by atoms with Crippen molar-refractivity contribution in [2.75, 3.05) is 7.05 Å². The van der Waals surface area contributed by atoms with Crippen molar-refractivity contribution in [1.29, 1.82) is 0 Å². The van der Waals surface area contributed by atoms with Crippen LogP contribution in [0.5, 0.6) is 11.5 Å². The number of benzene rings is 6. The first kappa shape index (κ1) is 34.9. The van der Waals surface area contributed by atoms with Crippen molar-refractivity contribution in [3.05, 3.63) is 169 Å². The van der Waals surface area contributed by atoms with E-state index < -0.39 is 0 Å². The third-order valence-corrected chi connectivity index (χ3v) is 10.6. The lowest BCUT2D eigenvalue weighted by atomic mass is 9.86. The summed E-state index contributed by atoms with van der Waals surface area (Å²) in [5.74, 6) is 3.74. The molecule has 0 unspecified atom stereocenters. The van der Waals surface area contributed by atoms with Crippen LogP contribution in [0.4, 0.5) is 17.1 Å². The zero-order valence-electron chi connectivity index (χ0n) is 32.6. The lowest BCUT2D eigenvalue weighted by Crippen LogP contribution is -2.12. The molecular weight excluding hydrogens is 715 g/mol. The maximum absolute atomic E-state index is 7.20. The zero-order valence-corrected chi connectivity index (χ0v) is 32.6. The van der Waals surface area contributed by atoms with Crippen LogP contribution < -0.4 is 9.31 Å². The highest BCUT2D eigenvalue weighted by atomic mass is 16.5. The van der Waals surface area contributed by atoms with Crippen molar-refractivity contribution in [3.63, 3.8) is 0 Å². The van der Waals surface area contributed by atoms with Crippen LogP contribution >= 0.6 is 0 Å². The summed E-state index contributed by atoms with van der Waals surface area (Å²) >= 11 is 0. The number of nitrogens with zero attached hydrogens (tertiary/aromatic N) is 7. The van der Waals surface area contributed by atoms with E-state index in [0.29, 0.717) is 29.0 Å². The Labute approximate surface area is 336 Å². The first-order chi connectivity index (χ1) is 28.3. The van der Waals surface area contributed by atoms with E-state index in [-0.39, 0.29) is 5.41 Å². The van der Waals surface area contributed by atoms with Crippen molar-refractivity contribution < 1.29 is 9.31 Å². The van der Waals surface area contributed by atoms with E-state index in [1.54, 1.807) is 0 Å². The Hall–Kier alpha value is -7.54. The average Bonchev–Trinajstić information content (AvgIpc) is 3.77. The number of aromatic nitrogens is 5. The Morgan fingerprint density at radius 1 is 0.586 bits per heavy atom. The molecule has 1 aliphatic heterocycles. The van der Waals surface area contributed by atoms with Gasteiger partial charge in [0.05, 0.1) is 22.7 Å². The van der Waals surface area contributed by atoms with Gasteiger partial charge < -0.3 is 4.74 Å². The van der Waals surface area contributed by atoms with Crippen LogP contribution in [0, 0.1) is 0 Å². The summed E-state index contributed by atoms with van der Waals surface area (Å²) < 4.78 is 13.5. The molecule has 8 heteroatoms. The summed E-state index contributed by atoms with van der Waals surface area (Å²) in [5.41, 5.74) is 8.53. The van der Waals surface area contributed by atoms with Gasteiger partial charge in [-0.25, -0.2) is 19.9 Å². The van der Waals surface area contributed by atoms with Crippen LogP contribution in [0.15, 0.2) is 164 Å². The van der Waals surface area contributed by atoms with Crippen LogP contribution in [0.3, 0.4) is 0 Å². The molecule has 6 aromatic carbocycles. The van der Waals surface area contributed by atoms with Crippen LogP contribution in [0.2, 0.25) is 0 Å². The molecule has 8 nitrogen and oxygen atoms in total. The standard InChI is InChI=1S/C50H39N7O/c1-50(2,3)35-27-36(56-32-55(4)42-23-13-14-24-43(42)56)29-37(28-35)58-45-31-44-39(38-21-11-12-22-41(38)57(44)46-25-15-16-26-51-46)30-40(45)49-53-47(33-17-7-5-8-18-33)52-48(54-49)34-19-9-6-10-20-34/h5-31H,1-4H3/q+2. The lowest BCUT2D eigenvalue weighted by Gasteiger charge is -2.20. The molecule has 0 bridgehead atoms. The molecule has 0 aliphatic carbocycles. The van der Waals surface area contributed by atoms with E-state index in [0.717, 1.165) is 66.9 Å². The molecule has 58 heavy (non-hydrogen) atoms. The summed E-state index contributed by atoms with van der Waals surface area (Å²) in [5, 5.41) is 2.10. The zero-order chi connectivity index (χ0) is 39.4. The van der Waals surface area contributed by atoms with E-state index in [2.05, 4.69) is 115 Å². The van der Waals surface area contributed by atoms with E-state index >= 15 is 0 Å². The summed E-state index contributed by atoms with van der Waals surface area (Å²) in [7, 11) is 2.02. The maximum Gasteiger partial charge on any atom is 0.496 e. The number of ether oxygens (including phenoxy) is 1. The number of rotatable bonds is 7. The minimum atomic E-state index is -0.180. The second-order valence-electron chi connectivity index (χ2n) is 15.5. The number of hydrogen-bond acceptors (Lipinski definition) is 5. The molecule has 1 aliphatic rings. The number of hydrogen-bond donors (Lipinski definition) is 0. The number of para-hydroxylation sites is 3. The molecule has 0 radical (unpaired) electrons. The average molecular weight is 754 g/mol. The Morgan fingerprint density at radius 3 is 1.91 bits per heavy atom. The normalized spacial score (nSPS) is 12.4. The van der Waals surface area contributed by atoms with Gasteiger partial charge in [0, 0.05) is 52.4 Å². The van der Waals surface area contributed by atoms with Gasteiger partial charge in [-0.15, -0.1) is 0 Å². The van der Waals surface area contributed by atoms with Gasteiger partial charge in [-0.1, -0.05) is 122 Å². The fourth-order valence-corrected chi connectivity index (χ4v) is 7.64. The Bertz CT molecular complexity index is 3050. The van der Waals surface area contributed by atoms with Crippen molar-refractivity contribution in [2.45, 2.75) is 26.2 Å². The van der Waals surface area contributed by atoms with Crippen molar-refractivity contribution in [1.82, 2.24) is 29.1 Å². The first-order valence-corrected chi connectivity index (χ1v) is 19.4. The molecule has 278 valence electrons. The predicted molar refractivity (Wildman–Crippen MR) is 232 cm³/mol. The monoisotopic (exact) mass is 753 g/mol. The van der Waals surface area contributed by atoms with Crippen molar-refractivity contribution in [3.8, 4) is 51.5 Å². The maximum atomic E-state index is 7.20. The SMILES string of the molecule is C[N+]1=C=[N+](c2cc(Oc3cc4c(cc3-c3nc(-c5ccccc5)nc(-c5ccccc5)n3)c3ccccc3n4-c3ccccn3)cc(C(C)(C)C)c2)c2ccccc21. The van der Waals surface area contributed by atoms with E-state index in [1.165, 1.54) is 0 Å². The summed E-state index contributed by atoms with van der Waals surface area (Å²) in [6.07, 6.45) is 1.82. The summed E-state index contributed by atoms with van der Waals surface area (Å²) in [6.45, 7) is 6.66. The number of fused-ring (bicyclic) bond motifs is 4. The second-order valence-corrected chi connectivity index (χ2v) is 15.5. The molecule has 0 saturated heterocycles. The quantitative estimate of drug-likeness (QED) is 0.152. The molecule has 0 spiro atoms. The van der Waals surface area contributed by atoms with Gasteiger partial charge in [-0.3, -0.25) is 4.57 Å². The van der Waals surface area contributed by atoms with Gasteiger partial charge in [-0.05, 0) is 45.9 Å². The largest absolute Gasteiger partial charge is 0.496 e. The topological polar surface area (TPSA) is 71.7 Å².